The lowest BCUT2D eigenvalue weighted by molar-refractivity contribution is -0.128. The SMILES string of the molecule is CCC[C@H]1CN(c2nnc(C)s2)C[C@@H]1NC(=O)C1CCOCC1. The number of amides is 1. The molecule has 6 nitrogen and oxygen atoms in total. The summed E-state index contributed by atoms with van der Waals surface area (Å²) in [5.74, 6) is 0.812. The van der Waals surface area contributed by atoms with Crippen molar-refractivity contribution in [3.05, 3.63) is 5.01 Å². The number of aromatic nitrogens is 2. The van der Waals surface area contributed by atoms with Gasteiger partial charge in [0.1, 0.15) is 5.01 Å². The van der Waals surface area contributed by atoms with E-state index in [4.69, 9.17) is 4.74 Å². The number of carbonyl (C=O) groups is 1. The minimum atomic E-state index is 0.115. The second kappa shape index (κ2) is 7.57. The fourth-order valence-electron chi connectivity index (χ4n) is 3.53. The van der Waals surface area contributed by atoms with E-state index < -0.39 is 0 Å². The Hall–Kier alpha value is -1.21. The molecule has 2 aliphatic heterocycles. The van der Waals surface area contributed by atoms with Crippen molar-refractivity contribution in [3.8, 4) is 0 Å². The van der Waals surface area contributed by atoms with Gasteiger partial charge in [0.15, 0.2) is 0 Å². The van der Waals surface area contributed by atoms with Crippen LogP contribution in [0.1, 0.15) is 37.6 Å². The van der Waals surface area contributed by atoms with Crippen LogP contribution in [0.25, 0.3) is 0 Å². The normalized spacial score (nSPS) is 25.7. The molecule has 23 heavy (non-hydrogen) atoms. The molecule has 3 rings (SSSR count). The smallest absolute Gasteiger partial charge is 0.223 e. The lowest BCUT2D eigenvalue weighted by Crippen LogP contribution is -2.44. The zero-order valence-electron chi connectivity index (χ0n) is 14.0. The molecule has 1 aromatic heterocycles. The minimum absolute atomic E-state index is 0.115. The number of hydrogen-bond acceptors (Lipinski definition) is 6. The fourth-order valence-corrected chi connectivity index (χ4v) is 4.23. The summed E-state index contributed by atoms with van der Waals surface area (Å²) in [6.07, 6.45) is 3.96. The molecule has 1 amide bonds. The van der Waals surface area contributed by atoms with Gasteiger partial charge in [-0.3, -0.25) is 4.79 Å². The fraction of sp³-hybridized carbons (Fsp3) is 0.812. The van der Waals surface area contributed by atoms with Crippen LogP contribution in [0, 0.1) is 18.8 Å². The van der Waals surface area contributed by atoms with E-state index in [0.717, 1.165) is 48.9 Å². The first-order chi connectivity index (χ1) is 11.2. The van der Waals surface area contributed by atoms with Crippen LogP contribution < -0.4 is 10.2 Å². The number of aryl methyl sites for hydroxylation is 1. The van der Waals surface area contributed by atoms with Crippen molar-refractivity contribution in [1.29, 1.82) is 0 Å². The van der Waals surface area contributed by atoms with Gasteiger partial charge in [-0.2, -0.15) is 0 Å². The van der Waals surface area contributed by atoms with Crippen LogP contribution in [0.2, 0.25) is 0 Å². The van der Waals surface area contributed by atoms with Crippen molar-refractivity contribution in [2.75, 3.05) is 31.2 Å². The average molecular weight is 338 g/mol. The number of anilines is 1. The largest absolute Gasteiger partial charge is 0.381 e. The number of ether oxygens (including phenoxy) is 1. The maximum atomic E-state index is 12.5. The molecule has 128 valence electrons. The van der Waals surface area contributed by atoms with E-state index in [-0.39, 0.29) is 17.9 Å². The zero-order valence-corrected chi connectivity index (χ0v) is 14.8. The molecule has 7 heteroatoms. The number of carbonyl (C=O) groups excluding carboxylic acids is 1. The van der Waals surface area contributed by atoms with Gasteiger partial charge in [-0.25, -0.2) is 0 Å². The van der Waals surface area contributed by atoms with Gasteiger partial charge in [0.05, 0.1) is 6.04 Å². The lowest BCUT2D eigenvalue weighted by atomic mass is 9.95. The Kier molecular flexibility index (Phi) is 5.48. The van der Waals surface area contributed by atoms with Crippen molar-refractivity contribution in [1.82, 2.24) is 15.5 Å². The van der Waals surface area contributed by atoms with E-state index in [1.807, 2.05) is 6.92 Å². The Morgan fingerprint density at radius 3 is 2.78 bits per heavy atom. The molecular weight excluding hydrogens is 312 g/mol. The Morgan fingerprint density at radius 1 is 1.35 bits per heavy atom. The Balaban J connectivity index is 1.62. The first-order valence-electron chi connectivity index (χ1n) is 8.60. The van der Waals surface area contributed by atoms with Gasteiger partial charge in [-0.1, -0.05) is 24.7 Å². The van der Waals surface area contributed by atoms with Crippen LogP contribution >= 0.6 is 11.3 Å². The molecule has 2 fully saturated rings. The second-order valence-corrected chi connectivity index (χ2v) is 7.72. The van der Waals surface area contributed by atoms with Gasteiger partial charge in [-0.05, 0) is 32.1 Å². The molecule has 0 aliphatic carbocycles. The van der Waals surface area contributed by atoms with E-state index in [1.165, 1.54) is 0 Å². The van der Waals surface area contributed by atoms with Crippen molar-refractivity contribution < 1.29 is 9.53 Å². The highest BCUT2D eigenvalue weighted by atomic mass is 32.1. The van der Waals surface area contributed by atoms with Crippen molar-refractivity contribution in [2.24, 2.45) is 11.8 Å². The van der Waals surface area contributed by atoms with E-state index in [9.17, 15) is 4.79 Å². The van der Waals surface area contributed by atoms with Crippen LogP contribution in [-0.2, 0) is 9.53 Å². The summed E-state index contributed by atoms with van der Waals surface area (Å²) in [6, 6.07) is 0.217. The molecule has 0 spiro atoms. The highest BCUT2D eigenvalue weighted by Gasteiger charge is 2.36. The summed E-state index contributed by atoms with van der Waals surface area (Å²) >= 11 is 1.63. The molecule has 1 N–H and O–H groups in total. The van der Waals surface area contributed by atoms with Crippen molar-refractivity contribution in [3.63, 3.8) is 0 Å². The Labute approximate surface area is 141 Å². The van der Waals surface area contributed by atoms with Crippen LogP contribution in [0.15, 0.2) is 0 Å². The number of nitrogens with zero attached hydrogens (tertiary/aromatic N) is 3. The van der Waals surface area contributed by atoms with Crippen molar-refractivity contribution in [2.45, 2.75) is 45.6 Å². The molecule has 2 saturated heterocycles. The molecule has 2 atom stereocenters. The molecule has 3 heterocycles. The standard InChI is InChI=1S/C16H26N4O2S/c1-3-4-13-9-20(16-19-18-11(2)23-16)10-14(13)17-15(21)12-5-7-22-8-6-12/h12-14H,3-10H2,1-2H3,(H,17,21)/t13-,14-/m0/s1. The first kappa shape index (κ1) is 16.6. The third kappa shape index (κ3) is 4.01. The van der Waals surface area contributed by atoms with Crippen LogP contribution in [0.5, 0.6) is 0 Å². The maximum Gasteiger partial charge on any atom is 0.223 e. The number of hydrogen-bond donors (Lipinski definition) is 1. The predicted octanol–water partition coefficient (Wildman–Crippen LogP) is 1.99. The van der Waals surface area contributed by atoms with Crippen LogP contribution in [0.4, 0.5) is 5.13 Å². The third-order valence-corrected chi connectivity index (χ3v) is 5.71. The highest BCUT2D eigenvalue weighted by molar-refractivity contribution is 7.15. The summed E-state index contributed by atoms with van der Waals surface area (Å²) in [4.78, 5) is 14.8. The highest BCUT2D eigenvalue weighted by Crippen LogP contribution is 2.29. The summed E-state index contributed by atoms with van der Waals surface area (Å²) in [5.41, 5.74) is 0. The van der Waals surface area contributed by atoms with E-state index in [2.05, 4.69) is 27.3 Å². The summed E-state index contributed by atoms with van der Waals surface area (Å²) in [6.45, 7) is 7.39. The topological polar surface area (TPSA) is 67.4 Å². The van der Waals surface area contributed by atoms with Gasteiger partial charge >= 0.3 is 0 Å². The summed E-state index contributed by atoms with van der Waals surface area (Å²) in [7, 11) is 0. The maximum absolute atomic E-state index is 12.5. The van der Waals surface area contributed by atoms with Gasteiger partial charge < -0.3 is 15.0 Å². The molecule has 0 unspecified atom stereocenters. The molecule has 1 aromatic rings. The van der Waals surface area contributed by atoms with E-state index in [1.54, 1.807) is 11.3 Å². The molecule has 0 radical (unpaired) electrons. The molecule has 0 bridgehead atoms. The second-order valence-electron chi connectivity index (χ2n) is 6.56. The summed E-state index contributed by atoms with van der Waals surface area (Å²) in [5, 5.41) is 13.7. The first-order valence-corrected chi connectivity index (χ1v) is 9.42. The van der Waals surface area contributed by atoms with E-state index >= 15 is 0 Å². The van der Waals surface area contributed by atoms with Crippen LogP contribution in [-0.4, -0.2) is 48.4 Å². The number of rotatable bonds is 5. The van der Waals surface area contributed by atoms with Gasteiger partial charge in [-0.15, -0.1) is 10.2 Å². The zero-order chi connectivity index (χ0) is 16.2. The van der Waals surface area contributed by atoms with Crippen molar-refractivity contribution >= 4 is 22.4 Å². The average Bonchev–Trinajstić information content (AvgIpc) is 3.15. The minimum Gasteiger partial charge on any atom is -0.381 e. The quantitative estimate of drug-likeness (QED) is 0.889. The molecule has 0 aromatic carbocycles. The Bertz CT molecular complexity index is 530. The third-order valence-electron chi connectivity index (χ3n) is 4.81. The molecular formula is C16H26N4O2S. The van der Waals surface area contributed by atoms with Gasteiger partial charge in [0, 0.05) is 32.2 Å². The van der Waals surface area contributed by atoms with Gasteiger partial charge in [0.2, 0.25) is 11.0 Å². The predicted molar refractivity (Wildman–Crippen MR) is 90.7 cm³/mol. The van der Waals surface area contributed by atoms with Crippen LogP contribution in [0.3, 0.4) is 0 Å². The lowest BCUT2D eigenvalue weighted by Gasteiger charge is -2.25. The van der Waals surface area contributed by atoms with E-state index in [0.29, 0.717) is 19.1 Å². The monoisotopic (exact) mass is 338 g/mol. The Morgan fingerprint density at radius 2 is 2.13 bits per heavy atom. The molecule has 0 saturated carbocycles. The molecule has 2 aliphatic rings. The summed E-state index contributed by atoms with van der Waals surface area (Å²) < 4.78 is 5.35. The van der Waals surface area contributed by atoms with Gasteiger partial charge in [0.25, 0.3) is 0 Å². The number of nitrogens with one attached hydrogen (secondary N) is 1.